The van der Waals surface area contributed by atoms with Gasteiger partial charge >= 0.3 is 0 Å². The number of nitrogens with one attached hydrogen (secondary N) is 1. The highest BCUT2D eigenvalue weighted by Gasteiger charge is 2.22. The minimum Gasteiger partial charge on any atom is -0.398 e. The number of benzene rings is 2. The van der Waals surface area contributed by atoms with Gasteiger partial charge in [0.05, 0.1) is 5.71 Å². The topological polar surface area (TPSA) is 49.9 Å². The minimum absolute atomic E-state index is 0.587. The fourth-order valence-corrected chi connectivity index (χ4v) is 4.59. The van der Waals surface area contributed by atoms with Crippen molar-refractivity contribution < 1.29 is 0 Å². The molecule has 2 aromatic carbocycles. The lowest BCUT2D eigenvalue weighted by atomic mass is 9.83. The van der Waals surface area contributed by atoms with Crippen LogP contribution in [-0.2, 0) is 6.42 Å². The van der Waals surface area contributed by atoms with Gasteiger partial charge < -0.3 is 11.1 Å². The zero-order chi connectivity index (χ0) is 22.7. The maximum atomic E-state index is 8.54. The Labute approximate surface area is 195 Å². The van der Waals surface area contributed by atoms with Crippen molar-refractivity contribution in [2.45, 2.75) is 40.0 Å². The van der Waals surface area contributed by atoms with Gasteiger partial charge in [0, 0.05) is 21.3 Å². The van der Waals surface area contributed by atoms with Gasteiger partial charge in [-0.2, -0.15) is 0 Å². The third-order valence-electron chi connectivity index (χ3n) is 5.75. The molecule has 0 aliphatic heterocycles. The molecule has 0 aromatic heterocycles. The highest BCUT2D eigenvalue weighted by molar-refractivity contribution is 6.38. The lowest BCUT2D eigenvalue weighted by Crippen LogP contribution is -2.10. The summed E-state index contributed by atoms with van der Waals surface area (Å²) in [5.74, 6) is 0. The van der Waals surface area contributed by atoms with Gasteiger partial charge in [0.1, 0.15) is 0 Å². The SMILES string of the molecule is C=Cc1cc(C(=C2C=C(CC)C(=N)C(CC)=C2)c2c(Cl)cccc2Cl)cc(CC)c1N. The molecular formula is C27H28Cl2N2. The number of nitrogens with two attached hydrogens (primary N) is 1. The van der Waals surface area contributed by atoms with Crippen LogP contribution in [0.2, 0.25) is 10.0 Å². The van der Waals surface area contributed by atoms with E-state index in [4.69, 9.17) is 34.3 Å². The van der Waals surface area contributed by atoms with Crippen molar-refractivity contribution >= 4 is 46.3 Å². The fraction of sp³-hybridized carbons (Fsp3) is 0.222. The molecule has 0 atom stereocenters. The quantitative estimate of drug-likeness (QED) is 0.427. The Morgan fingerprint density at radius 1 is 1.00 bits per heavy atom. The summed E-state index contributed by atoms with van der Waals surface area (Å²) in [6.07, 6.45) is 8.33. The Morgan fingerprint density at radius 3 is 2.06 bits per heavy atom. The molecule has 31 heavy (non-hydrogen) atoms. The molecule has 1 aliphatic rings. The number of anilines is 1. The number of hydrogen-bond donors (Lipinski definition) is 2. The second-order valence-corrected chi connectivity index (χ2v) is 8.36. The zero-order valence-corrected chi connectivity index (χ0v) is 19.8. The van der Waals surface area contributed by atoms with Crippen molar-refractivity contribution in [2.24, 2.45) is 0 Å². The van der Waals surface area contributed by atoms with E-state index in [1.54, 1.807) is 6.08 Å². The smallest absolute Gasteiger partial charge is 0.0604 e. The summed E-state index contributed by atoms with van der Waals surface area (Å²) in [6, 6.07) is 9.72. The van der Waals surface area contributed by atoms with E-state index in [0.717, 1.165) is 69.5 Å². The van der Waals surface area contributed by atoms with Gasteiger partial charge in [-0.05, 0) is 94.7 Å². The number of halogens is 2. The normalized spacial score (nSPS) is 13.7. The van der Waals surface area contributed by atoms with E-state index in [-0.39, 0.29) is 0 Å². The highest BCUT2D eigenvalue weighted by Crippen LogP contribution is 2.41. The molecule has 0 saturated heterocycles. The Balaban J connectivity index is 2.48. The number of hydrogen-bond acceptors (Lipinski definition) is 2. The maximum absolute atomic E-state index is 8.54. The molecule has 0 bridgehead atoms. The highest BCUT2D eigenvalue weighted by atomic mass is 35.5. The first-order valence-electron chi connectivity index (χ1n) is 10.6. The Morgan fingerprint density at radius 2 is 1.58 bits per heavy atom. The van der Waals surface area contributed by atoms with Crippen molar-refractivity contribution in [1.29, 1.82) is 5.41 Å². The van der Waals surface area contributed by atoms with Crippen molar-refractivity contribution in [3.05, 3.63) is 98.1 Å². The summed E-state index contributed by atoms with van der Waals surface area (Å²) < 4.78 is 0. The van der Waals surface area contributed by atoms with Crippen LogP contribution in [0.1, 0.15) is 55.9 Å². The van der Waals surface area contributed by atoms with Crippen LogP contribution in [0.3, 0.4) is 0 Å². The van der Waals surface area contributed by atoms with Gasteiger partial charge in [-0.1, -0.05) is 62.7 Å². The molecule has 2 nitrogen and oxygen atoms in total. The second kappa shape index (κ2) is 9.72. The molecule has 0 heterocycles. The van der Waals surface area contributed by atoms with Crippen molar-refractivity contribution in [1.82, 2.24) is 0 Å². The third kappa shape index (κ3) is 4.42. The van der Waals surface area contributed by atoms with Gasteiger partial charge in [0.2, 0.25) is 0 Å². The van der Waals surface area contributed by atoms with Gasteiger partial charge in [-0.3, -0.25) is 0 Å². The molecule has 160 valence electrons. The molecule has 3 rings (SSSR count). The van der Waals surface area contributed by atoms with E-state index in [1.165, 1.54) is 0 Å². The standard InChI is InChI=1S/C27H28Cl2N2/c1-5-16-12-20(13-17(6-2)26(16)30)24(25-22(28)10-9-11-23(25)29)21-14-18(7-3)27(31)19(8-4)15-21/h5,9-15,31H,1,6-8,30H2,2-4H3. The summed E-state index contributed by atoms with van der Waals surface area (Å²) in [5, 5.41) is 9.72. The Bertz CT molecular complexity index is 1100. The molecule has 1 aliphatic carbocycles. The van der Waals surface area contributed by atoms with Crippen LogP contribution in [0.4, 0.5) is 5.69 Å². The van der Waals surface area contributed by atoms with Gasteiger partial charge in [-0.25, -0.2) is 0 Å². The molecular weight excluding hydrogens is 423 g/mol. The number of nitrogen functional groups attached to an aromatic ring is 1. The van der Waals surface area contributed by atoms with Crippen molar-refractivity contribution in [3.63, 3.8) is 0 Å². The second-order valence-electron chi connectivity index (χ2n) is 7.54. The van der Waals surface area contributed by atoms with E-state index < -0.39 is 0 Å². The first kappa shape index (κ1) is 23.1. The molecule has 0 spiro atoms. The van der Waals surface area contributed by atoms with Crippen LogP contribution in [0.15, 0.2) is 65.8 Å². The van der Waals surface area contributed by atoms with Gasteiger partial charge in [0.15, 0.2) is 0 Å². The molecule has 0 radical (unpaired) electrons. The molecule has 0 amide bonds. The van der Waals surface area contributed by atoms with E-state index in [9.17, 15) is 0 Å². The van der Waals surface area contributed by atoms with Gasteiger partial charge in [-0.15, -0.1) is 0 Å². The summed E-state index contributed by atoms with van der Waals surface area (Å²) in [5.41, 5.74) is 15.4. The first-order valence-corrected chi connectivity index (χ1v) is 11.4. The number of aryl methyl sites for hydroxylation is 1. The lowest BCUT2D eigenvalue weighted by Gasteiger charge is -2.22. The van der Waals surface area contributed by atoms with E-state index in [0.29, 0.717) is 15.8 Å². The lowest BCUT2D eigenvalue weighted by molar-refractivity contribution is 1.10. The number of allylic oxidation sites excluding steroid dienone is 5. The average molecular weight is 451 g/mol. The van der Waals surface area contributed by atoms with Gasteiger partial charge in [0.25, 0.3) is 0 Å². The van der Waals surface area contributed by atoms with Crippen LogP contribution in [-0.4, -0.2) is 5.71 Å². The van der Waals surface area contributed by atoms with Crippen LogP contribution in [0, 0.1) is 5.41 Å². The molecule has 2 aromatic rings. The molecule has 0 saturated carbocycles. The molecule has 0 fully saturated rings. The fourth-order valence-electron chi connectivity index (χ4n) is 4.01. The Kier molecular flexibility index (Phi) is 7.25. The van der Waals surface area contributed by atoms with Crippen LogP contribution in [0.25, 0.3) is 11.6 Å². The van der Waals surface area contributed by atoms with Crippen molar-refractivity contribution in [3.8, 4) is 0 Å². The summed E-state index contributed by atoms with van der Waals surface area (Å²) >= 11 is 13.4. The zero-order valence-electron chi connectivity index (χ0n) is 18.3. The first-order chi connectivity index (χ1) is 14.9. The van der Waals surface area contributed by atoms with E-state index >= 15 is 0 Å². The molecule has 3 N–H and O–H groups in total. The van der Waals surface area contributed by atoms with Crippen LogP contribution < -0.4 is 5.73 Å². The monoisotopic (exact) mass is 450 g/mol. The minimum atomic E-state index is 0.587. The Hall–Kier alpha value is -2.55. The number of rotatable bonds is 6. The molecule has 4 heteroatoms. The van der Waals surface area contributed by atoms with Crippen molar-refractivity contribution in [2.75, 3.05) is 5.73 Å². The van der Waals surface area contributed by atoms with Crippen LogP contribution in [0.5, 0.6) is 0 Å². The van der Waals surface area contributed by atoms with E-state index in [1.807, 2.05) is 24.3 Å². The predicted molar refractivity (Wildman–Crippen MR) is 137 cm³/mol. The maximum Gasteiger partial charge on any atom is 0.0604 e. The van der Waals surface area contributed by atoms with E-state index in [2.05, 4.69) is 45.6 Å². The largest absolute Gasteiger partial charge is 0.398 e. The molecule has 0 unspecified atom stereocenters. The van der Waals surface area contributed by atoms with Crippen LogP contribution >= 0.6 is 23.2 Å². The predicted octanol–water partition coefficient (Wildman–Crippen LogP) is 8.29. The average Bonchev–Trinajstić information content (AvgIpc) is 2.77. The summed E-state index contributed by atoms with van der Waals surface area (Å²) in [7, 11) is 0. The third-order valence-corrected chi connectivity index (χ3v) is 6.38. The summed E-state index contributed by atoms with van der Waals surface area (Å²) in [6.45, 7) is 10.2. The summed E-state index contributed by atoms with van der Waals surface area (Å²) in [4.78, 5) is 0.